The Bertz CT molecular complexity index is 968. The summed E-state index contributed by atoms with van der Waals surface area (Å²) < 4.78 is 5.14. The van der Waals surface area contributed by atoms with Crippen molar-refractivity contribution in [1.29, 1.82) is 0 Å². The van der Waals surface area contributed by atoms with Crippen LogP contribution in [0.1, 0.15) is 23.3 Å². The molecule has 0 bridgehead atoms. The SMILES string of the molecule is COc1ccc(NC(=O)CN(C)c2ncnc3sc4c(c23)CCCC4)cc1. The number of ether oxygens (including phenoxy) is 1. The lowest BCUT2D eigenvalue weighted by Crippen LogP contribution is -2.30. The topological polar surface area (TPSA) is 67.3 Å². The summed E-state index contributed by atoms with van der Waals surface area (Å²) in [6.45, 7) is 0.225. The molecule has 1 aliphatic rings. The van der Waals surface area contributed by atoms with Crippen LogP contribution < -0.4 is 15.0 Å². The van der Waals surface area contributed by atoms with Gasteiger partial charge in [-0.3, -0.25) is 4.79 Å². The predicted octanol–water partition coefficient (Wildman–Crippen LogP) is 3.65. The maximum absolute atomic E-state index is 12.5. The van der Waals surface area contributed by atoms with E-state index in [1.807, 2.05) is 36.2 Å². The van der Waals surface area contributed by atoms with Crippen molar-refractivity contribution >= 4 is 39.0 Å². The molecule has 4 rings (SSSR count). The summed E-state index contributed by atoms with van der Waals surface area (Å²) >= 11 is 1.77. The summed E-state index contributed by atoms with van der Waals surface area (Å²) in [4.78, 5) is 25.8. The number of fused-ring (bicyclic) bond motifs is 3. The van der Waals surface area contributed by atoms with E-state index in [1.54, 1.807) is 24.8 Å². The molecule has 3 aromatic rings. The summed E-state index contributed by atoms with van der Waals surface area (Å²) in [6.07, 6.45) is 6.23. The minimum atomic E-state index is -0.0847. The molecule has 2 heterocycles. The zero-order valence-electron chi connectivity index (χ0n) is 15.5. The van der Waals surface area contributed by atoms with Gasteiger partial charge in [-0.1, -0.05) is 0 Å². The van der Waals surface area contributed by atoms with Gasteiger partial charge in [-0.25, -0.2) is 9.97 Å². The van der Waals surface area contributed by atoms with Gasteiger partial charge >= 0.3 is 0 Å². The first-order chi connectivity index (χ1) is 13.2. The summed E-state index contributed by atoms with van der Waals surface area (Å²) in [5.41, 5.74) is 2.12. The molecule has 1 aliphatic carbocycles. The molecule has 1 N–H and O–H groups in total. The van der Waals surface area contributed by atoms with E-state index in [2.05, 4.69) is 15.3 Å². The van der Waals surface area contributed by atoms with Crippen molar-refractivity contribution in [2.24, 2.45) is 0 Å². The van der Waals surface area contributed by atoms with Gasteiger partial charge in [0, 0.05) is 17.6 Å². The number of aromatic nitrogens is 2. The fraction of sp³-hybridized carbons (Fsp3) is 0.350. The fourth-order valence-corrected chi connectivity index (χ4v) is 4.75. The number of nitrogens with zero attached hydrogens (tertiary/aromatic N) is 3. The van der Waals surface area contributed by atoms with E-state index in [0.29, 0.717) is 0 Å². The number of carbonyl (C=O) groups is 1. The first-order valence-electron chi connectivity index (χ1n) is 9.06. The van der Waals surface area contributed by atoms with Crippen LogP contribution in [0.3, 0.4) is 0 Å². The largest absolute Gasteiger partial charge is 0.497 e. The van der Waals surface area contributed by atoms with Gasteiger partial charge in [-0.15, -0.1) is 11.3 Å². The van der Waals surface area contributed by atoms with Gasteiger partial charge in [-0.2, -0.15) is 0 Å². The average Bonchev–Trinajstić information content (AvgIpc) is 3.07. The number of carbonyl (C=O) groups excluding carboxylic acids is 1. The molecule has 0 spiro atoms. The van der Waals surface area contributed by atoms with Gasteiger partial charge in [0.25, 0.3) is 0 Å². The van der Waals surface area contributed by atoms with Gasteiger partial charge in [0.1, 0.15) is 22.7 Å². The number of nitrogens with one attached hydrogen (secondary N) is 1. The number of anilines is 2. The highest BCUT2D eigenvalue weighted by atomic mass is 32.1. The number of thiophene rings is 1. The summed E-state index contributed by atoms with van der Waals surface area (Å²) in [5.74, 6) is 1.51. The Morgan fingerprint density at radius 2 is 2.00 bits per heavy atom. The molecule has 0 aliphatic heterocycles. The number of likely N-dealkylation sites (N-methyl/N-ethyl adjacent to an activating group) is 1. The average molecular weight is 382 g/mol. The second kappa shape index (κ2) is 7.52. The Morgan fingerprint density at radius 1 is 1.22 bits per heavy atom. The van der Waals surface area contributed by atoms with Gasteiger partial charge in [0.05, 0.1) is 19.0 Å². The van der Waals surface area contributed by atoms with Crippen LogP contribution in [0.2, 0.25) is 0 Å². The van der Waals surface area contributed by atoms with Crippen LogP contribution in [0, 0.1) is 0 Å². The fourth-order valence-electron chi connectivity index (χ4n) is 3.53. The number of hydrogen-bond acceptors (Lipinski definition) is 6. The standard InChI is InChI=1S/C20H22N4O2S/c1-24(11-17(25)23-13-7-9-14(26-2)10-8-13)19-18-15-5-3-4-6-16(15)27-20(18)22-12-21-19/h7-10,12H,3-6,11H2,1-2H3,(H,23,25). The van der Waals surface area contributed by atoms with Crippen molar-refractivity contribution in [1.82, 2.24) is 9.97 Å². The van der Waals surface area contributed by atoms with Crippen molar-refractivity contribution < 1.29 is 9.53 Å². The third-order valence-electron chi connectivity index (χ3n) is 4.85. The molecule has 0 unspecified atom stereocenters. The number of rotatable bonds is 5. The minimum Gasteiger partial charge on any atom is -0.497 e. The van der Waals surface area contributed by atoms with Gasteiger partial charge in [0.2, 0.25) is 5.91 Å². The van der Waals surface area contributed by atoms with E-state index >= 15 is 0 Å². The first kappa shape index (κ1) is 17.7. The summed E-state index contributed by atoms with van der Waals surface area (Å²) in [7, 11) is 3.52. The van der Waals surface area contributed by atoms with Gasteiger partial charge in [-0.05, 0) is 55.5 Å². The molecule has 0 radical (unpaired) electrons. The second-order valence-electron chi connectivity index (χ2n) is 6.72. The Labute approximate surface area is 162 Å². The Balaban J connectivity index is 1.53. The van der Waals surface area contributed by atoms with E-state index in [1.165, 1.54) is 23.3 Å². The minimum absolute atomic E-state index is 0.0847. The van der Waals surface area contributed by atoms with E-state index in [0.717, 1.165) is 40.3 Å². The van der Waals surface area contributed by atoms with Crippen LogP contribution in [0.15, 0.2) is 30.6 Å². The molecule has 27 heavy (non-hydrogen) atoms. The first-order valence-corrected chi connectivity index (χ1v) is 9.87. The molecule has 7 heteroatoms. The lowest BCUT2D eigenvalue weighted by molar-refractivity contribution is -0.114. The maximum atomic E-state index is 12.5. The van der Waals surface area contributed by atoms with Crippen molar-refractivity contribution in [3.05, 3.63) is 41.0 Å². The molecule has 1 aromatic carbocycles. The number of benzene rings is 1. The van der Waals surface area contributed by atoms with Crippen LogP contribution in [-0.4, -0.2) is 36.6 Å². The monoisotopic (exact) mass is 382 g/mol. The zero-order valence-corrected chi connectivity index (χ0v) is 16.3. The van der Waals surface area contributed by atoms with Crippen molar-refractivity contribution in [3.63, 3.8) is 0 Å². The molecule has 0 atom stereocenters. The molecular formula is C20H22N4O2S. The highest BCUT2D eigenvalue weighted by Crippen LogP contribution is 2.38. The van der Waals surface area contributed by atoms with Crippen molar-refractivity contribution in [3.8, 4) is 5.75 Å². The Hall–Kier alpha value is -2.67. The number of methoxy groups -OCH3 is 1. The highest BCUT2D eigenvalue weighted by Gasteiger charge is 2.22. The summed E-state index contributed by atoms with van der Waals surface area (Å²) in [6, 6.07) is 7.31. The normalized spacial score (nSPS) is 13.3. The lowest BCUT2D eigenvalue weighted by atomic mass is 9.97. The smallest absolute Gasteiger partial charge is 0.243 e. The van der Waals surface area contributed by atoms with Crippen molar-refractivity contribution in [2.75, 3.05) is 30.9 Å². The maximum Gasteiger partial charge on any atom is 0.243 e. The third kappa shape index (κ3) is 3.60. The quantitative estimate of drug-likeness (QED) is 0.729. The van der Waals surface area contributed by atoms with Crippen LogP contribution in [-0.2, 0) is 17.6 Å². The van der Waals surface area contributed by atoms with Crippen LogP contribution in [0.5, 0.6) is 5.75 Å². The number of aryl methyl sites for hydroxylation is 2. The summed E-state index contributed by atoms with van der Waals surface area (Å²) in [5, 5.41) is 4.04. The second-order valence-corrected chi connectivity index (χ2v) is 7.80. The Morgan fingerprint density at radius 3 is 2.78 bits per heavy atom. The lowest BCUT2D eigenvalue weighted by Gasteiger charge is -2.20. The molecule has 2 aromatic heterocycles. The predicted molar refractivity (Wildman–Crippen MR) is 109 cm³/mol. The molecule has 140 valence electrons. The van der Waals surface area contributed by atoms with E-state index < -0.39 is 0 Å². The van der Waals surface area contributed by atoms with Gasteiger partial charge < -0.3 is 15.0 Å². The molecule has 0 saturated carbocycles. The third-order valence-corrected chi connectivity index (χ3v) is 6.05. The number of hydrogen-bond donors (Lipinski definition) is 1. The molecule has 1 amide bonds. The van der Waals surface area contributed by atoms with E-state index in [-0.39, 0.29) is 12.5 Å². The molecule has 0 fully saturated rings. The van der Waals surface area contributed by atoms with E-state index in [4.69, 9.17) is 4.74 Å². The number of amides is 1. The molecular weight excluding hydrogens is 360 g/mol. The highest BCUT2D eigenvalue weighted by molar-refractivity contribution is 7.19. The van der Waals surface area contributed by atoms with E-state index in [9.17, 15) is 4.79 Å². The molecule has 0 saturated heterocycles. The molecule has 6 nitrogen and oxygen atoms in total. The Kier molecular flexibility index (Phi) is 4.94. The van der Waals surface area contributed by atoms with Gasteiger partial charge in [0.15, 0.2) is 0 Å². The zero-order chi connectivity index (χ0) is 18.8. The van der Waals surface area contributed by atoms with Crippen molar-refractivity contribution in [2.45, 2.75) is 25.7 Å². The van der Waals surface area contributed by atoms with Crippen LogP contribution in [0.4, 0.5) is 11.5 Å². The van der Waals surface area contributed by atoms with Crippen LogP contribution in [0.25, 0.3) is 10.2 Å². The van der Waals surface area contributed by atoms with Crippen LogP contribution >= 0.6 is 11.3 Å².